The van der Waals surface area contributed by atoms with Crippen LogP contribution in [0.2, 0.25) is 5.02 Å². The van der Waals surface area contributed by atoms with E-state index in [0.717, 1.165) is 64.5 Å². The van der Waals surface area contributed by atoms with E-state index in [9.17, 15) is 0 Å². The Morgan fingerprint density at radius 1 is 0.409 bits per heavy atom. The van der Waals surface area contributed by atoms with Gasteiger partial charge in [0.05, 0.1) is 0 Å². The summed E-state index contributed by atoms with van der Waals surface area (Å²) in [4.78, 5) is 0. The lowest BCUT2D eigenvalue weighted by Crippen LogP contribution is -2.55. The molecule has 0 atom stereocenters. The summed E-state index contributed by atoms with van der Waals surface area (Å²) in [7, 11) is 0. The van der Waals surface area contributed by atoms with Crippen LogP contribution in [0, 0.1) is 54.3 Å². The summed E-state index contributed by atoms with van der Waals surface area (Å²) >= 11 is 6.84. The van der Waals surface area contributed by atoms with E-state index in [-0.39, 0.29) is 10.8 Å². The minimum Gasteiger partial charge on any atom is -0.399 e. The summed E-state index contributed by atoms with van der Waals surface area (Å²) in [6, 6.07) is 63.2. The van der Waals surface area contributed by atoms with Gasteiger partial charge in [-0.2, -0.15) is 0 Å². The van der Waals surface area contributed by atoms with Crippen LogP contribution in [0.3, 0.4) is 0 Å². The Bertz CT molecular complexity index is 2750. The highest BCUT2D eigenvalue weighted by molar-refractivity contribution is 6.32. The Morgan fingerprint density at radius 3 is 1.26 bits per heavy atom. The summed E-state index contributed by atoms with van der Waals surface area (Å²) in [6.07, 6.45) is 15.6. The summed E-state index contributed by atoms with van der Waals surface area (Å²) in [5.74, 6) is 7.28. The van der Waals surface area contributed by atoms with Crippen LogP contribution in [0.15, 0.2) is 176 Å². The number of benzene rings is 7. The van der Waals surface area contributed by atoms with Gasteiger partial charge >= 0.3 is 0 Å². The Labute approximate surface area is 398 Å². The van der Waals surface area contributed by atoms with Crippen LogP contribution in [0.4, 0.5) is 5.69 Å². The summed E-state index contributed by atoms with van der Waals surface area (Å²) in [5, 5.41) is 1.01. The van der Waals surface area contributed by atoms with Gasteiger partial charge < -0.3 is 5.73 Å². The van der Waals surface area contributed by atoms with E-state index >= 15 is 0 Å². The van der Waals surface area contributed by atoms with Gasteiger partial charge in [-0.25, -0.2) is 0 Å². The molecule has 0 amide bonds. The number of aryl methyl sites for hydroxylation is 1. The molecule has 7 aromatic rings. The van der Waals surface area contributed by atoms with Crippen LogP contribution in [0.25, 0.3) is 22.3 Å². The Kier molecular flexibility index (Phi) is 10.9. The fraction of sp³-hybridized carbons (Fsp3) is 0.344. The van der Waals surface area contributed by atoms with E-state index in [4.69, 9.17) is 17.3 Å². The molecule has 2 N–H and O–H groups in total. The molecular weight excluding hydrogens is 818 g/mol. The molecule has 1 nitrogen and oxygen atoms in total. The lowest BCUT2D eigenvalue weighted by molar-refractivity contribution is -0.0402. The second-order valence-corrected chi connectivity index (χ2v) is 22.1. The average molecular weight is 883 g/mol. The van der Waals surface area contributed by atoms with Gasteiger partial charge in [0.1, 0.15) is 0 Å². The fourth-order valence-corrected chi connectivity index (χ4v) is 16.7. The minimum absolute atomic E-state index is 0.220. The maximum absolute atomic E-state index is 6.84. The molecule has 8 saturated carbocycles. The number of hydrogen-bond acceptors (Lipinski definition) is 1. The molecule has 0 unspecified atom stereocenters. The second kappa shape index (κ2) is 17.1. The van der Waals surface area contributed by atoms with E-state index in [1.165, 1.54) is 97.6 Å². The van der Waals surface area contributed by atoms with Crippen molar-refractivity contribution >= 4 is 17.3 Å². The van der Waals surface area contributed by atoms with Crippen molar-refractivity contribution in [1.82, 2.24) is 0 Å². The SMILES string of the molecule is Cc1ccccc1.Clc1cccc2c1C1(c3ccccc3-2)C2CC3CC(C2)CC1C3.Nc1ccccc1.c1ccc(Cc2cccc3c2C2(c4ccccc4-3)C3CC4CC(C3)CC2C4)cc1. The first-order valence-corrected chi connectivity index (χ1v) is 25.8. The van der Waals surface area contributed by atoms with E-state index in [2.05, 4.69) is 134 Å². The van der Waals surface area contributed by atoms with Crippen molar-refractivity contribution in [3.05, 3.63) is 220 Å². The molecule has 0 heterocycles. The standard InChI is InChI=1S/C29H28.C22H21Cl.C7H8.C6H7N/c1-2-7-19(8-3-1)14-22-9-6-11-26-25-10-4-5-12-27(25)29(28(22)26)23-15-20-13-21(17-23)18-24(29)16-20;23-20-7-3-5-18-17-4-1-2-6-19(17)22(21(18)20)15-9-13-8-14(11-15)12-16(22)10-13;1-7-5-3-2-4-6-7;7-6-4-2-1-3-5-6/h1-12,20-21,23-24H,13-18H2;1-7,13-16H,8-12H2;2-6H,1H3;1-5H,7H2. The third-order valence-electron chi connectivity index (χ3n) is 18.1. The van der Waals surface area contributed by atoms with Crippen molar-refractivity contribution in [2.75, 3.05) is 5.73 Å². The first kappa shape index (κ1) is 42.0. The highest BCUT2D eigenvalue weighted by Gasteiger charge is 2.63. The first-order chi connectivity index (χ1) is 32.4. The zero-order valence-corrected chi connectivity index (χ0v) is 39.4. The van der Waals surface area contributed by atoms with Crippen LogP contribution >= 0.6 is 11.6 Å². The summed E-state index contributed by atoms with van der Waals surface area (Å²) in [6.45, 7) is 2.08. The molecule has 66 heavy (non-hydrogen) atoms. The maximum Gasteiger partial charge on any atom is 0.0453 e. The number of halogens is 1. The Morgan fingerprint density at radius 2 is 0.803 bits per heavy atom. The molecule has 10 aliphatic rings. The van der Waals surface area contributed by atoms with Crippen LogP contribution in [-0.2, 0) is 17.3 Å². The van der Waals surface area contributed by atoms with Crippen molar-refractivity contribution in [2.45, 2.75) is 88.4 Å². The van der Waals surface area contributed by atoms with Gasteiger partial charge in [0.2, 0.25) is 0 Å². The topological polar surface area (TPSA) is 26.0 Å². The number of nitrogen functional groups attached to an aromatic ring is 1. The third kappa shape index (κ3) is 6.85. The quantitative estimate of drug-likeness (QED) is 0.172. The molecule has 10 aliphatic carbocycles. The minimum atomic E-state index is 0.220. The molecule has 0 aliphatic heterocycles. The molecule has 0 saturated heterocycles. The highest BCUT2D eigenvalue weighted by atomic mass is 35.5. The lowest BCUT2D eigenvalue weighted by atomic mass is 9.43. The Balaban J connectivity index is 0.000000109. The highest BCUT2D eigenvalue weighted by Crippen LogP contribution is 2.71. The molecular formula is C64H64ClN. The number of fused-ring (bicyclic) bond motifs is 6. The normalized spacial score (nSPS) is 29.9. The van der Waals surface area contributed by atoms with Gasteiger partial charge in [0.15, 0.2) is 0 Å². The van der Waals surface area contributed by atoms with Crippen molar-refractivity contribution < 1.29 is 0 Å². The van der Waals surface area contributed by atoms with Gasteiger partial charge in [-0.3, -0.25) is 0 Å². The summed E-state index contributed by atoms with van der Waals surface area (Å²) < 4.78 is 0. The van der Waals surface area contributed by atoms with E-state index in [1.54, 1.807) is 27.8 Å². The van der Waals surface area contributed by atoms with Gasteiger partial charge in [-0.1, -0.05) is 175 Å². The van der Waals surface area contributed by atoms with E-state index < -0.39 is 0 Å². The van der Waals surface area contributed by atoms with Crippen molar-refractivity contribution in [3.8, 4) is 22.3 Å². The number of nitrogens with two attached hydrogens (primary N) is 1. The second-order valence-electron chi connectivity index (χ2n) is 21.7. The van der Waals surface area contributed by atoms with Gasteiger partial charge in [0.25, 0.3) is 0 Å². The molecule has 7 aromatic carbocycles. The average Bonchev–Trinajstić information content (AvgIpc) is 3.81. The maximum atomic E-state index is 6.84. The van der Waals surface area contributed by atoms with Gasteiger partial charge in [-0.05, 0) is 199 Å². The van der Waals surface area contributed by atoms with Crippen LogP contribution in [0.1, 0.15) is 103 Å². The number of anilines is 1. The molecule has 332 valence electrons. The molecule has 2 spiro atoms. The predicted octanol–water partition coefficient (Wildman–Crippen LogP) is 16.3. The smallest absolute Gasteiger partial charge is 0.0453 e. The largest absolute Gasteiger partial charge is 0.399 e. The number of para-hydroxylation sites is 1. The van der Waals surface area contributed by atoms with Crippen molar-refractivity contribution in [1.29, 1.82) is 0 Å². The molecule has 2 heteroatoms. The van der Waals surface area contributed by atoms with Gasteiger partial charge in [0, 0.05) is 21.5 Å². The van der Waals surface area contributed by atoms with E-state index in [1.807, 2.05) is 48.5 Å². The first-order valence-electron chi connectivity index (χ1n) is 25.4. The molecule has 0 aromatic heterocycles. The fourth-order valence-electron chi connectivity index (χ4n) is 16.4. The number of rotatable bonds is 2. The van der Waals surface area contributed by atoms with Crippen molar-refractivity contribution in [2.24, 2.45) is 47.3 Å². The predicted molar refractivity (Wildman–Crippen MR) is 276 cm³/mol. The lowest BCUT2D eigenvalue weighted by Gasteiger charge is -2.61. The van der Waals surface area contributed by atoms with Crippen LogP contribution in [0.5, 0.6) is 0 Å². The number of hydrogen-bond donors (Lipinski definition) is 1. The zero-order chi connectivity index (χ0) is 44.4. The zero-order valence-electron chi connectivity index (χ0n) is 38.6. The van der Waals surface area contributed by atoms with Crippen molar-refractivity contribution in [3.63, 3.8) is 0 Å². The van der Waals surface area contributed by atoms with Crippen LogP contribution < -0.4 is 5.73 Å². The molecule has 8 bridgehead atoms. The third-order valence-corrected chi connectivity index (χ3v) is 18.5. The molecule has 17 rings (SSSR count). The molecule has 8 fully saturated rings. The Hall–Kier alpha value is -5.37. The van der Waals surface area contributed by atoms with Gasteiger partial charge in [-0.15, -0.1) is 0 Å². The van der Waals surface area contributed by atoms with E-state index in [0.29, 0.717) is 0 Å². The summed E-state index contributed by atoms with van der Waals surface area (Å²) in [5.41, 5.74) is 23.4. The van der Waals surface area contributed by atoms with Crippen LogP contribution in [-0.4, -0.2) is 0 Å². The molecule has 0 radical (unpaired) electrons. The monoisotopic (exact) mass is 881 g/mol.